The monoisotopic (exact) mass is 499 g/mol. The highest BCUT2D eigenvalue weighted by Gasteiger charge is 2.65. The van der Waals surface area contributed by atoms with Crippen molar-refractivity contribution in [2.45, 2.75) is 38.3 Å². The van der Waals surface area contributed by atoms with Crippen molar-refractivity contribution < 1.29 is 18.0 Å². The first-order chi connectivity index (χ1) is 17.2. The lowest BCUT2D eigenvalue weighted by molar-refractivity contribution is -0.161. The molecule has 0 unspecified atom stereocenters. The number of anilines is 3. The lowest BCUT2D eigenvalue weighted by atomic mass is 10.0. The summed E-state index contributed by atoms with van der Waals surface area (Å²) in [4.78, 5) is 19.7. The van der Waals surface area contributed by atoms with Crippen LogP contribution < -0.4 is 20.9 Å². The molecule has 3 heterocycles. The Labute approximate surface area is 206 Å². The van der Waals surface area contributed by atoms with Gasteiger partial charge < -0.3 is 15.5 Å². The summed E-state index contributed by atoms with van der Waals surface area (Å²) >= 11 is 0. The van der Waals surface area contributed by atoms with Gasteiger partial charge in [0.05, 0.1) is 22.8 Å². The Morgan fingerprint density at radius 2 is 1.72 bits per heavy atom. The Morgan fingerprint density at radius 3 is 2.33 bits per heavy atom. The predicted octanol–water partition coefficient (Wildman–Crippen LogP) is 4.53. The average Bonchev–Trinajstić information content (AvgIpc) is 3.58. The van der Waals surface area contributed by atoms with E-state index in [0.29, 0.717) is 17.1 Å². The van der Waals surface area contributed by atoms with Gasteiger partial charge in [0.1, 0.15) is 17.1 Å². The van der Waals surface area contributed by atoms with Gasteiger partial charge in [-0.15, -0.1) is 0 Å². The quantitative estimate of drug-likeness (QED) is 0.480. The number of carbonyl (C=O) groups excluding carboxylic acids is 1. The molecule has 1 saturated heterocycles. The standard InChI is InChI=1S/C25H28F3N7O/c1-16-3-5-18(6-4-16)35-22(15-20(33-35)24(9-10-24)25(26,27)28)32-23(36)31-19-7-8-21(30-17(19)2)34-13-11-29-12-14-34/h3-8,15,29H,9-14H2,1-2H3,(H2,31,32,36). The van der Waals surface area contributed by atoms with Crippen LogP contribution in [0.3, 0.4) is 0 Å². The second-order valence-corrected chi connectivity index (χ2v) is 9.36. The number of piperazine rings is 1. The lowest BCUT2D eigenvalue weighted by Crippen LogP contribution is -2.43. The van der Waals surface area contributed by atoms with Crippen molar-refractivity contribution in [2.24, 2.45) is 0 Å². The number of hydrogen-bond donors (Lipinski definition) is 3. The van der Waals surface area contributed by atoms with E-state index in [1.54, 1.807) is 25.1 Å². The molecule has 2 amide bonds. The minimum atomic E-state index is -4.41. The maximum atomic E-state index is 13.8. The fourth-order valence-electron chi connectivity index (χ4n) is 4.42. The number of alkyl halides is 3. The Hall–Kier alpha value is -3.60. The van der Waals surface area contributed by atoms with Gasteiger partial charge in [0.25, 0.3) is 0 Å². The van der Waals surface area contributed by atoms with E-state index < -0.39 is 17.6 Å². The Balaban J connectivity index is 1.38. The van der Waals surface area contributed by atoms with E-state index >= 15 is 0 Å². The van der Waals surface area contributed by atoms with Crippen molar-refractivity contribution >= 4 is 23.4 Å². The van der Waals surface area contributed by atoms with Crippen molar-refractivity contribution in [3.63, 3.8) is 0 Å². The van der Waals surface area contributed by atoms with Gasteiger partial charge in [-0.3, -0.25) is 5.32 Å². The van der Waals surface area contributed by atoms with Crippen molar-refractivity contribution in [1.29, 1.82) is 0 Å². The van der Waals surface area contributed by atoms with Crippen LogP contribution in [0.15, 0.2) is 42.5 Å². The second kappa shape index (κ2) is 9.12. The second-order valence-electron chi connectivity index (χ2n) is 9.36. The van der Waals surface area contributed by atoms with Crippen molar-refractivity contribution in [2.75, 3.05) is 41.7 Å². The van der Waals surface area contributed by atoms with Crippen LogP contribution in [0.2, 0.25) is 0 Å². The van der Waals surface area contributed by atoms with Crippen LogP contribution in [0, 0.1) is 13.8 Å². The summed E-state index contributed by atoms with van der Waals surface area (Å²) < 4.78 is 42.7. The number of nitrogens with zero attached hydrogens (tertiary/aromatic N) is 4. The summed E-state index contributed by atoms with van der Waals surface area (Å²) in [6, 6.07) is 11.5. The number of rotatable bonds is 5. The summed E-state index contributed by atoms with van der Waals surface area (Å²) in [6.07, 6.45) is -4.44. The van der Waals surface area contributed by atoms with Crippen LogP contribution in [-0.2, 0) is 5.41 Å². The smallest absolute Gasteiger partial charge is 0.354 e. The van der Waals surface area contributed by atoms with Crippen LogP contribution >= 0.6 is 0 Å². The molecule has 1 aromatic carbocycles. The van der Waals surface area contributed by atoms with Crippen LogP contribution in [-0.4, -0.2) is 53.2 Å². The molecule has 36 heavy (non-hydrogen) atoms. The molecule has 1 aliphatic carbocycles. The minimum absolute atomic E-state index is 0.0165. The third-order valence-corrected chi connectivity index (χ3v) is 6.77. The number of hydrogen-bond acceptors (Lipinski definition) is 5. The van der Waals surface area contributed by atoms with Gasteiger partial charge in [-0.05, 0) is 51.0 Å². The van der Waals surface area contributed by atoms with E-state index in [0.717, 1.165) is 37.6 Å². The van der Waals surface area contributed by atoms with Gasteiger partial charge in [-0.1, -0.05) is 17.7 Å². The van der Waals surface area contributed by atoms with Crippen molar-refractivity contribution in [3.8, 4) is 5.69 Å². The molecule has 3 N–H and O–H groups in total. The zero-order chi connectivity index (χ0) is 25.5. The van der Waals surface area contributed by atoms with Gasteiger partial charge >= 0.3 is 12.2 Å². The number of aromatic nitrogens is 3. The van der Waals surface area contributed by atoms with Crippen molar-refractivity contribution in [3.05, 3.63) is 59.4 Å². The van der Waals surface area contributed by atoms with E-state index in [9.17, 15) is 18.0 Å². The van der Waals surface area contributed by atoms with Crippen LogP contribution in [0.5, 0.6) is 0 Å². The van der Waals surface area contributed by atoms with Crippen LogP contribution in [0.1, 0.15) is 29.8 Å². The van der Waals surface area contributed by atoms with E-state index in [1.165, 1.54) is 10.7 Å². The number of urea groups is 1. The van der Waals surface area contributed by atoms with Crippen LogP contribution in [0.25, 0.3) is 5.69 Å². The molecule has 5 rings (SSSR count). The first-order valence-electron chi connectivity index (χ1n) is 11.9. The molecule has 2 aromatic heterocycles. The highest BCUT2D eigenvalue weighted by atomic mass is 19.4. The molecule has 1 saturated carbocycles. The van der Waals surface area contributed by atoms with Gasteiger partial charge in [0, 0.05) is 32.2 Å². The number of benzene rings is 1. The maximum Gasteiger partial charge on any atom is 0.400 e. The zero-order valence-corrected chi connectivity index (χ0v) is 20.1. The molecule has 2 fully saturated rings. The number of halogens is 3. The molecular weight excluding hydrogens is 471 g/mol. The summed E-state index contributed by atoms with van der Waals surface area (Å²) in [7, 11) is 0. The fraction of sp³-hybridized carbons (Fsp3) is 0.400. The number of carbonyl (C=O) groups is 1. The Kier molecular flexibility index (Phi) is 6.11. The Morgan fingerprint density at radius 1 is 1.03 bits per heavy atom. The average molecular weight is 500 g/mol. The number of nitrogens with one attached hydrogen (secondary N) is 3. The van der Waals surface area contributed by atoms with E-state index in [-0.39, 0.29) is 24.4 Å². The normalized spacial score (nSPS) is 17.1. The molecule has 1 aliphatic heterocycles. The molecule has 11 heteroatoms. The minimum Gasteiger partial charge on any atom is -0.354 e. The SMILES string of the molecule is Cc1ccc(-n2nc(C3(C(F)(F)F)CC3)cc2NC(=O)Nc2ccc(N3CCNCC3)nc2C)cc1. The summed E-state index contributed by atoms with van der Waals surface area (Å²) in [5.74, 6) is 0.994. The maximum absolute atomic E-state index is 13.8. The number of aryl methyl sites for hydroxylation is 2. The molecule has 2 aliphatic rings. The molecular formula is C25H28F3N7O. The largest absolute Gasteiger partial charge is 0.400 e. The summed E-state index contributed by atoms with van der Waals surface area (Å²) in [6.45, 7) is 7.19. The van der Waals surface area contributed by atoms with E-state index in [4.69, 9.17) is 0 Å². The third kappa shape index (κ3) is 4.62. The van der Waals surface area contributed by atoms with E-state index in [2.05, 4.69) is 30.9 Å². The van der Waals surface area contributed by atoms with Gasteiger partial charge in [-0.2, -0.15) is 18.3 Å². The summed E-state index contributed by atoms with van der Waals surface area (Å²) in [5, 5.41) is 13.0. The van der Waals surface area contributed by atoms with Gasteiger partial charge in [0.15, 0.2) is 0 Å². The molecule has 0 spiro atoms. The van der Waals surface area contributed by atoms with Gasteiger partial charge in [0.2, 0.25) is 0 Å². The molecule has 0 atom stereocenters. The molecule has 190 valence electrons. The van der Waals surface area contributed by atoms with Gasteiger partial charge in [-0.25, -0.2) is 14.5 Å². The first-order valence-corrected chi connectivity index (χ1v) is 11.9. The molecule has 0 radical (unpaired) electrons. The Bertz CT molecular complexity index is 1260. The predicted molar refractivity (Wildman–Crippen MR) is 132 cm³/mol. The van der Waals surface area contributed by atoms with E-state index in [1.807, 2.05) is 25.1 Å². The molecule has 3 aromatic rings. The lowest BCUT2D eigenvalue weighted by Gasteiger charge is -2.28. The highest BCUT2D eigenvalue weighted by molar-refractivity contribution is 5.99. The molecule has 0 bridgehead atoms. The van der Waals surface area contributed by atoms with Crippen LogP contribution in [0.4, 0.5) is 35.3 Å². The topological polar surface area (TPSA) is 87.1 Å². The number of amides is 2. The zero-order valence-electron chi connectivity index (χ0n) is 20.1. The molecule has 8 nitrogen and oxygen atoms in total. The third-order valence-electron chi connectivity index (χ3n) is 6.77. The first kappa shape index (κ1) is 24.1. The fourth-order valence-corrected chi connectivity index (χ4v) is 4.42. The highest BCUT2D eigenvalue weighted by Crippen LogP contribution is 2.58. The summed E-state index contributed by atoms with van der Waals surface area (Å²) in [5.41, 5.74) is 0.655. The number of pyridine rings is 1. The van der Waals surface area contributed by atoms with Crippen molar-refractivity contribution in [1.82, 2.24) is 20.1 Å².